The highest BCUT2D eigenvalue weighted by atomic mass is 16.5. The molecular weight excluding hydrogens is 368 g/mol. The van der Waals surface area contributed by atoms with Crippen LogP contribution in [0, 0.1) is 6.92 Å². The minimum Gasteiger partial charge on any atom is -0.460 e. The van der Waals surface area contributed by atoms with E-state index in [2.05, 4.69) is 15.3 Å². The van der Waals surface area contributed by atoms with Crippen molar-refractivity contribution < 1.29 is 13.9 Å². The van der Waals surface area contributed by atoms with Crippen molar-refractivity contribution in [3.05, 3.63) is 60.0 Å². The Morgan fingerprint density at radius 3 is 2.66 bits per heavy atom. The molecule has 0 spiro atoms. The fourth-order valence-electron chi connectivity index (χ4n) is 3.42. The Hall–Kier alpha value is -2.90. The highest BCUT2D eigenvalue weighted by Crippen LogP contribution is 2.25. The van der Waals surface area contributed by atoms with Crippen molar-refractivity contribution in [2.24, 2.45) is 0 Å². The standard InChI is InChI=1S/C22H26N4O3/c1-17-8-9-20(29-17)21-19(16-26(24-21)18-6-3-2-4-7-18)22(27)23-10-5-11-25-12-14-28-15-13-25/h2-4,6-9,16H,5,10-15H2,1H3,(H,23,27). The Balaban J connectivity index is 1.47. The van der Waals surface area contributed by atoms with Gasteiger partial charge in [0.25, 0.3) is 5.91 Å². The average Bonchev–Trinajstić information content (AvgIpc) is 3.39. The highest BCUT2D eigenvalue weighted by Gasteiger charge is 2.21. The molecule has 1 fully saturated rings. The number of aromatic nitrogens is 2. The number of morpholine rings is 1. The van der Waals surface area contributed by atoms with Gasteiger partial charge in [-0.05, 0) is 44.2 Å². The van der Waals surface area contributed by atoms with E-state index in [0.717, 1.165) is 50.7 Å². The Bertz CT molecular complexity index is 942. The Kier molecular flexibility index (Phi) is 6.07. The van der Waals surface area contributed by atoms with Gasteiger partial charge in [-0.3, -0.25) is 9.69 Å². The summed E-state index contributed by atoms with van der Waals surface area (Å²) in [5, 5.41) is 7.66. The number of carbonyl (C=O) groups excluding carboxylic acids is 1. The molecule has 1 aromatic carbocycles. The van der Waals surface area contributed by atoms with Crippen molar-refractivity contribution >= 4 is 5.91 Å². The van der Waals surface area contributed by atoms with Crippen LogP contribution in [0.25, 0.3) is 17.1 Å². The van der Waals surface area contributed by atoms with Crippen LogP contribution in [0.15, 0.2) is 53.1 Å². The van der Waals surface area contributed by atoms with Crippen molar-refractivity contribution in [1.82, 2.24) is 20.0 Å². The normalized spacial score (nSPS) is 14.8. The fourth-order valence-corrected chi connectivity index (χ4v) is 3.42. The first-order valence-electron chi connectivity index (χ1n) is 10.0. The van der Waals surface area contributed by atoms with Gasteiger partial charge >= 0.3 is 0 Å². The fraction of sp³-hybridized carbons (Fsp3) is 0.364. The average molecular weight is 394 g/mol. The summed E-state index contributed by atoms with van der Waals surface area (Å²) in [6.45, 7) is 6.94. The van der Waals surface area contributed by atoms with Gasteiger partial charge in [0, 0.05) is 25.8 Å². The minimum atomic E-state index is -0.141. The maximum Gasteiger partial charge on any atom is 0.255 e. The lowest BCUT2D eigenvalue weighted by atomic mass is 10.2. The maximum atomic E-state index is 12.9. The van der Waals surface area contributed by atoms with E-state index in [1.54, 1.807) is 10.9 Å². The Morgan fingerprint density at radius 1 is 1.14 bits per heavy atom. The molecule has 1 aliphatic rings. The van der Waals surface area contributed by atoms with E-state index in [-0.39, 0.29) is 5.91 Å². The molecule has 1 aliphatic heterocycles. The third-order valence-corrected chi connectivity index (χ3v) is 4.99. The monoisotopic (exact) mass is 394 g/mol. The molecule has 0 bridgehead atoms. The van der Waals surface area contributed by atoms with E-state index in [1.165, 1.54) is 0 Å². The van der Waals surface area contributed by atoms with E-state index in [1.807, 2.05) is 49.4 Å². The predicted octanol–water partition coefficient (Wildman–Crippen LogP) is 2.89. The minimum absolute atomic E-state index is 0.141. The van der Waals surface area contributed by atoms with Crippen LogP contribution in [0.1, 0.15) is 22.5 Å². The van der Waals surface area contributed by atoms with Crippen molar-refractivity contribution in [1.29, 1.82) is 0 Å². The van der Waals surface area contributed by atoms with Crippen LogP contribution < -0.4 is 5.32 Å². The lowest BCUT2D eigenvalue weighted by Crippen LogP contribution is -2.38. The molecule has 29 heavy (non-hydrogen) atoms. The van der Waals surface area contributed by atoms with Gasteiger partial charge in [0.15, 0.2) is 5.76 Å². The Morgan fingerprint density at radius 2 is 1.93 bits per heavy atom. The number of para-hydroxylation sites is 1. The van der Waals surface area contributed by atoms with Gasteiger partial charge in [-0.15, -0.1) is 0 Å². The largest absolute Gasteiger partial charge is 0.460 e. The van der Waals surface area contributed by atoms with Gasteiger partial charge < -0.3 is 14.5 Å². The SMILES string of the molecule is Cc1ccc(-c2nn(-c3ccccc3)cc2C(=O)NCCCN2CCOCC2)o1. The van der Waals surface area contributed by atoms with Crippen LogP contribution in [-0.2, 0) is 4.74 Å². The van der Waals surface area contributed by atoms with Crippen molar-refractivity contribution in [2.75, 3.05) is 39.4 Å². The van der Waals surface area contributed by atoms with E-state index in [9.17, 15) is 4.79 Å². The summed E-state index contributed by atoms with van der Waals surface area (Å²) < 4.78 is 12.8. The molecule has 0 unspecified atom stereocenters. The second-order valence-corrected chi connectivity index (χ2v) is 7.15. The number of nitrogens with zero attached hydrogens (tertiary/aromatic N) is 3. The van der Waals surface area contributed by atoms with E-state index in [4.69, 9.17) is 9.15 Å². The Labute approximate surface area is 170 Å². The van der Waals surface area contributed by atoms with Gasteiger partial charge in [0.1, 0.15) is 11.5 Å². The number of aryl methyl sites for hydroxylation is 1. The number of hydrogen-bond donors (Lipinski definition) is 1. The molecule has 2 aromatic heterocycles. The van der Waals surface area contributed by atoms with Crippen LogP contribution in [0.4, 0.5) is 0 Å². The molecular formula is C22H26N4O3. The van der Waals surface area contributed by atoms with Gasteiger partial charge in [-0.1, -0.05) is 18.2 Å². The quantitative estimate of drug-likeness (QED) is 0.624. The molecule has 0 aliphatic carbocycles. The van der Waals surface area contributed by atoms with Crippen molar-refractivity contribution in [3.63, 3.8) is 0 Å². The first-order valence-corrected chi connectivity index (χ1v) is 10.0. The molecule has 0 atom stereocenters. The van der Waals surface area contributed by atoms with Gasteiger partial charge in [0.05, 0.1) is 24.5 Å². The van der Waals surface area contributed by atoms with Gasteiger partial charge in [-0.25, -0.2) is 4.68 Å². The molecule has 0 radical (unpaired) electrons. The number of furan rings is 1. The second kappa shape index (κ2) is 9.07. The third kappa shape index (κ3) is 4.75. The predicted molar refractivity (Wildman–Crippen MR) is 110 cm³/mol. The first kappa shape index (κ1) is 19.4. The summed E-state index contributed by atoms with van der Waals surface area (Å²) in [5.41, 5.74) is 1.95. The number of benzene rings is 1. The van der Waals surface area contributed by atoms with Crippen LogP contribution >= 0.6 is 0 Å². The molecule has 152 valence electrons. The molecule has 7 nitrogen and oxygen atoms in total. The lowest BCUT2D eigenvalue weighted by molar-refractivity contribution is 0.0374. The lowest BCUT2D eigenvalue weighted by Gasteiger charge is -2.26. The molecule has 1 saturated heterocycles. The molecule has 3 heterocycles. The van der Waals surface area contributed by atoms with Crippen LogP contribution in [0.3, 0.4) is 0 Å². The summed E-state index contributed by atoms with van der Waals surface area (Å²) in [6.07, 6.45) is 2.66. The number of carbonyl (C=O) groups is 1. The zero-order valence-corrected chi connectivity index (χ0v) is 16.6. The molecule has 7 heteroatoms. The second-order valence-electron chi connectivity index (χ2n) is 7.15. The summed E-state index contributed by atoms with van der Waals surface area (Å²) in [4.78, 5) is 15.3. The number of ether oxygens (including phenoxy) is 1. The number of hydrogen-bond acceptors (Lipinski definition) is 5. The van der Waals surface area contributed by atoms with Gasteiger partial charge in [-0.2, -0.15) is 5.10 Å². The van der Waals surface area contributed by atoms with Crippen molar-refractivity contribution in [3.8, 4) is 17.1 Å². The third-order valence-electron chi connectivity index (χ3n) is 4.99. The van der Waals surface area contributed by atoms with E-state index < -0.39 is 0 Å². The summed E-state index contributed by atoms with van der Waals surface area (Å²) in [6, 6.07) is 13.5. The number of nitrogens with one attached hydrogen (secondary N) is 1. The summed E-state index contributed by atoms with van der Waals surface area (Å²) >= 11 is 0. The zero-order chi connectivity index (χ0) is 20.1. The topological polar surface area (TPSA) is 72.5 Å². The van der Waals surface area contributed by atoms with E-state index >= 15 is 0 Å². The van der Waals surface area contributed by atoms with Crippen LogP contribution in [0.2, 0.25) is 0 Å². The smallest absolute Gasteiger partial charge is 0.255 e. The molecule has 0 saturated carbocycles. The summed E-state index contributed by atoms with van der Waals surface area (Å²) in [7, 11) is 0. The van der Waals surface area contributed by atoms with E-state index in [0.29, 0.717) is 23.6 Å². The number of rotatable bonds is 7. The highest BCUT2D eigenvalue weighted by molar-refractivity contribution is 5.99. The van der Waals surface area contributed by atoms with Crippen molar-refractivity contribution in [2.45, 2.75) is 13.3 Å². The van der Waals surface area contributed by atoms with Crippen LogP contribution in [-0.4, -0.2) is 60.0 Å². The number of amides is 1. The molecule has 1 amide bonds. The maximum absolute atomic E-state index is 12.9. The van der Waals surface area contributed by atoms with Crippen LogP contribution in [0.5, 0.6) is 0 Å². The van der Waals surface area contributed by atoms with Gasteiger partial charge in [0.2, 0.25) is 0 Å². The molecule has 1 N–H and O–H groups in total. The zero-order valence-electron chi connectivity index (χ0n) is 16.6. The molecule has 4 rings (SSSR count). The molecule has 3 aromatic rings. The summed E-state index contributed by atoms with van der Waals surface area (Å²) in [5.74, 6) is 1.24. The first-order chi connectivity index (χ1) is 14.2.